The fraction of sp³-hybridized carbons (Fsp3) is 0.308. The van der Waals surface area contributed by atoms with E-state index in [-0.39, 0.29) is 11.7 Å². The lowest BCUT2D eigenvalue weighted by molar-refractivity contribution is -0.131. The van der Waals surface area contributed by atoms with Gasteiger partial charge in [-0.3, -0.25) is 0 Å². The molecule has 0 aromatic heterocycles. The minimum Gasteiger partial charge on any atom is -0.482 e. The first-order chi connectivity index (χ1) is 9.06. The van der Waals surface area contributed by atoms with Crippen molar-refractivity contribution in [3.8, 4) is 5.75 Å². The molecule has 1 aromatic carbocycles. The summed E-state index contributed by atoms with van der Waals surface area (Å²) in [6.07, 6.45) is 2.14. The Morgan fingerprint density at radius 1 is 1.42 bits per heavy atom. The van der Waals surface area contributed by atoms with Crippen LogP contribution in [0.5, 0.6) is 5.75 Å². The first-order valence-electron chi connectivity index (χ1n) is 5.70. The Hall–Kier alpha value is -1.95. The molecule has 0 spiro atoms. The van der Waals surface area contributed by atoms with Crippen LogP contribution in [0.15, 0.2) is 18.2 Å². The molecule has 1 atom stereocenters. The summed E-state index contributed by atoms with van der Waals surface area (Å²) in [6, 6.07) is 2.04. The molecular formula is C13H12F2O4. The zero-order valence-electron chi connectivity index (χ0n) is 9.94. The molecule has 6 heteroatoms. The fourth-order valence-electron chi connectivity index (χ4n) is 1.73. The van der Waals surface area contributed by atoms with Crippen molar-refractivity contribution in [1.82, 2.24) is 0 Å². The van der Waals surface area contributed by atoms with Gasteiger partial charge in [0.2, 0.25) is 0 Å². The topological polar surface area (TPSA) is 55.8 Å². The maximum absolute atomic E-state index is 13.7. The van der Waals surface area contributed by atoms with Gasteiger partial charge < -0.3 is 14.6 Å². The van der Waals surface area contributed by atoms with Gasteiger partial charge in [-0.05, 0) is 23.8 Å². The minimum absolute atomic E-state index is 0.118. The van der Waals surface area contributed by atoms with Crippen LogP contribution < -0.4 is 4.74 Å². The van der Waals surface area contributed by atoms with E-state index in [0.717, 1.165) is 24.3 Å². The molecule has 1 unspecified atom stereocenters. The fourth-order valence-corrected chi connectivity index (χ4v) is 1.73. The number of carboxylic acids is 1. The van der Waals surface area contributed by atoms with Gasteiger partial charge >= 0.3 is 5.97 Å². The number of hydrogen-bond acceptors (Lipinski definition) is 3. The first-order valence-corrected chi connectivity index (χ1v) is 5.70. The van der Waals surface area contributed by atoms with E-state index >= 15 is 0 Å². The molecule has 102 valence electrons. The van der Waals surface area contributed by atoms with Crippen molar-refractivity contribution in [1.29, 1.82) is 0 Å². The third-order valence-corrected chi connectivity index (χ3v) is 2.61. The molecule has 1 aliphatic heterocycles. The quantitative estimate of drug-likeness (QED) is 0.852. The molecule has 0 bridgehead atoms. The van der Waals surface area contributed by atoms with Gasteiger partial charge in [0.05, 0.1) is 13.2 Å². The Morgan fingerprint density at radius 3 is 2.63 bits per heavy atom. The average molecular weight is 270 g/mol. The van der Waals surface area contributed by atoms with Crippen LogP contribution in [-0.2, 0) is 9.53 Å². The number of ether oxygens (including phenoxy) is 2. The summed E-state index contributed by atoms with van der Waals surface area (Å²) < 4.78 is 37.7. The minimum atomic E-state index is -1.19. The lowest BCUT2D eigenvalue weighted by Gasteiger charge is -2.13. The summed E-state index contributed by atoms with van der Waals surface area (Å²) >= 11 is 0. The van der Waals surface area contributed by atoms with Crippen molar-refractivity contribution in [2.75, 3.05) is 13.2 Å². The van der Waals surface area contributed by atoms with Crippen LogP contribution in [0.1, 0.15) is 12.0 Å². The lowest BCUT2D eigenvalue weighted by Crippen LogP contribution is -2.17. The zero-order chi connectivity index (χ0) is 13.8. The maximum atomic E-state index is 13.7. The highest BCUT2D eigenvalue weighted by Crippen LogP contribution is 2.26. The number of hydrogen-bond donors (Lipinski definition) is 1. The molecule has 1 saturated heterocycles. The smallest absolute Gasteiger partial charge is 0.328 e. The molecule has 4 nitrogen and oxygen atoms in total. The van der Waals surface area contributed by atoms with Crippen LogP contribution in [0.4, 0.5) is 8.78 Å². The number of carboxylic acid groups (broad SMARTS) is 1. The average Bonchev–Trinajstić information content (AvgIpc) is 2.84. The van der Waals surface area contributed by atoms with E-state index in [9.17, 15) is 13.6 Å². The molecule has 1 N–H and O–H groups in total. The van der Waals surface area contributed by atoms with Crippen molar-refractivity contribution >= 4 is 12.0 Å². The second kappa shape index (κ2) is 5.79. The third-order valence-electron chi connectivity index (χ3n) is 2.61. The van der Waals surface area contributed by atoms with Crippen LogP contribution in [-0.4, -0.2) is 30.4 Å². The molecule has 0 amide bonds. The van der Waals surface area contributed by atoms with Gasteiger partial charge in [-0.15, -0.1) is 0 Å². The number of benzene rings is 1. The molecule has 0 aliphatic carbocycles. The van der Waals surface area contributed by atoms with Crippen LogP contribution in [0.3, 0.4) is 0 Å². The van der Waals surface area contributed by atoms with Crippen LogP contribution in [0, 0.1) is 11.6 Å². The number of halogens is 2. The summed E-state index contributed by atoms with van der Waals surface area (Å²) in [4.78, 5) is 10.3. The highest BCUT2D eigenvalue weighted by molar-refractivity contribution is 5.85. The Morgan fingerprint density at radius 2 is 2.11 bits per heavy atom. The van der Waals surface area contributed by atoms with Gasteiger partial charge in [-0.1, -0.05) is 0 Å². The Labute approximate surface area is 108 Å². The molecule has 1 aromatic rings. The number of rotatable bonds is 4. The van der Waals surface area contributed by atoms with Gasteiger partial charge in [-0.25, -0.2) is 13.6 Å². The van der Waals surface area contributed by atoms with Crippen molar-refractivity contribution in [3.05, 3.63) is 35.4 Å². The first kappa shape index (κ1) is 13.5. The summed E-state index contributed by atoms with van der Waals surface area (Å²) in [5, 5.41) is 8.44. The Balaban J connectivity index is 2.18. The normalized spacial score (nSPS) is 18.9. The second-order valence-corrected chi connectivity index (χ2v) is 4.09. The summed E-state index contributed by atoms with van der Waals surface area (Å²) in [7, 11) is 0. The summed E-state index contributed by atoms with van der Waals surface area (Å²) in [5.41, 5.74) is 0.118. The van der Waals surface area contributed by atoms with Gasteiger partial charge in [0, 0.05) is 12.5 Å². The van der Waals surface area contributed by atoms with E-state index < -0.39 is 23.4 Å². The molecule has 1 fully saturated rings. The standard InChI is InChI=1S/C13H12F2O4/c14-10-5-8(1-2-12(16)17)6-11(15)13(10)19-9-3-4-18-7-9/h1-2,5-6,9H,3-4,7H2,(H,16,17). The van der Waals surface area contributed by atoms with Gasteiger partial charge in [0.25, 0.3) is 0 Å². The Bertz CT molecular complexity index is 484. The van der Waals surface area contributed by atoms with Crippen molar-refractivity contribution in [2.45, 2.75) is 12.5 Å². The zero-order valence-corrected chi connectivity index (χ0v) is 9.94. The third kappa shape index (κ3) is 3.51. The molecule has 1 heterocycles. The van der Waals surface area contributed by atoms with E-state index in [1.807, 2.05) is 0 Å². The largest absolute Gasteiger partial charge is 0.482 e. The van der Waals surface area contributed by atoms with E-state index in [0.29, 0.717) is 19.6 Å². The SMILES string of the molecule is O=C(O)C=Cc1cc(F)c(OC2CCOC2)c(F)c1. The Kier molecular flexibility index (Phi) is 4.11. The second-order valence-electron chi connectivity index (χ2n) is 4.09. The van der Waals surface area contributed by atoms with Crippen molar-refractivity contribution in [3.63, 3.8) is 0 Å². The maximum Gasteiger partial charge on any atom is 0.328 e. The molecular weight excluding hydrogens is 258 g/mol. The predicted molar refractivity (Wildman–Crippen MR) is 62.9 cm³/mol. The van der Waals surface area contributed by atoms with E-state index in [1.54, 1.807) is 0 Å². The highest BCUT2D eigenvalue weighted by atomic mass is 19.1. The number of carbonyl (C=O) groups is 1. The van der Waals surface area contributed by atoms with Crippen molar-refractivity contribution in [2.24, 2.45) is 0 Å². The molecule has 0 saturated carbocycles. The number of aliphatic carboxylic acids is 1. The van der Waals surface area contributed by atoms with Crippen LogP contribution in [0.25, 0.3) is 6.08 Å². The summed E-state index contributed by atoms with van der Waals surface area (Å²) in [6.45, 7) is 0.812. The summed E-state index contributed by atoms with van der Waals surface area (Å²) in [5.74, 6) is -3.37. The molecule has 2 rings (SSSR count). The molecule has 1 aliphatic rings. The van der Waals surface area contributed by atoms with E-state index in [1.165, 1.54) is 0 Å². The van der Waals surface area contributed by atoms with Crippen LogP contribution in [0.2, 0.25) is 0 Å². The highest BCUT2D eigenvalue weighted by Gasteiger charge is 2.21. The van der Waals surface area contributed by atoms with Crippen molar-refractivity contribution < 1.29 is 28.2 Å². The van der Waals surface area contributed by atoms with Gasteiger partial charge in [0.1, 0.15) is 6.10 Å². The van der Waals surface area contributed by atoms with Crippen LogP contribution >= 0.6 is 0 Å². The predicted octanol–water partition coefficient (Wildman–Crippen LogP) is 2.23. The molecule has 19 heavy (non-hydrogen) atoms. The van der Waals surface area contributed by atoms with Gasteiger partial charge in [0.15, 0.2) is 17.4 Å². The lowest BCUT2D eigenvalue weighted by atomic mass is 10.2. The molecule has 0 radical (unpaired) electrons. The monoisotopic (exact) mass is 270 g/mol. The van der Waals surface area contributed by atoms with E-state index in [4.69, 9.17) is 14.6 Å². The van der Waals surface area contributed by atoms with E-state index in [2.05, 4.69) is 0 Å². The van der Waals surface area contributed by atoms with Gasteiger partial charge in [-0.2, -0.15) is 0 Å².